The first-order chi connectivity index (χ1) is 9.10. The van der Waals surface area contributed by atoms with E-state index in [1.54, 1.807) is 18.2 Å². The van der Waals surface area contributed by atoms with Gasteiger partial charge in [-0.25, -0.2) is 10.8 Å². The lowest BCUT2D eigenvalue weighted by Crippen LogP contribution is -2.16. The smallest absolute Gasteiger partial charge is 0.257 e. The average Bonchev–Trinajstić information content (AvgIpc) is 2.90. The fraction of sp³-hybridized carbons (Fsp3) is 0.250. The third-order valence-corrected chi connectivity index (χ3v) is 2.53. The van der Waals surface area contributed by atoms with Crippen molar-refractivity contribution in [1.82, 2.24) is 10.1 Å². The zero-order valence-electron chi connectivity index (χ0n) is 10.7. The molecule has 0 saturated heterocycles. The highest BCUT2D eigenvalue weighted by Crippen LogP contribution is 2.18. The molecule has 0 fully saturated rings. The van der Waals surface area contributed by atoms with Gasteiger partial charge in [0.2, 0.25) is 0 Å². The lowest BCUT2D eigenvalue weighted by molar-refractivity contribution is 0.102. The Morgan fingerprint density at radius 3 is 2.74 bits per heavy atom. The van der Waals surface area contributed by atoms with Crippen molar-refractivity contribution in [3.05, 3.63) is 35.7 Å². The van der Waals surface area contributed by atoms with Gasteiger partial charge in [0.05, 0.1) is 0 Å². The minimum Gasteiger partial charge on any atom is -0.363 e. The summed E-state index contributed by atoms with van der Waals surface area (Å²) in [6.07, 6.45) is 1.38. The van der Waals surface area contributed by atoms with Gasteiger partial charge in [-0.05, 0) is 18.1 Å². The van der Waals surface area contributed by atoms with Crippen LogP contribution in [-0.2, 0) is 0 Å². The van der Waals surface area contributed by atoms with Gasteiger partial charge in [0, 0.05) is 17.3 Å². The number of amides is 1. The summed E-state index contributed by atoms with van der Waals surface area (Å²) in [5.74, 6) is 6.04. The van der Waals surface area contributed by atoms with Crippen LogP contribution in [0.15, 0.2) is 29.0 Å². The van der Waals surface area contributed by atoms with Crippen molar-refractivity contribution in [2.24, 2.45) is 5.84 Å². The summed E-state index contributed by atoms with van der Waals surface area (Å²) < 4.78 is 4.65. The zero-order chi connectivity index (χ0) is 13.8. The van der Waals surface area contributed by atoms with Crippen LogP contribution in [0.4, 0.5) is 11.6 Å². The van der Waals surface area contributed by atoms with E-state index in [1.807, 2.05) is 13.8 Å². The van der Waals surface area contributed by atoms with E-state index in [4.69, 9.17) is 5.84 Å². The van der Waals surface area contributed by atoms with Gasteiger partial charge in [0.25, 0.3) is 5.91 Å². The van der Waals surface area contributed by atoms with Crippen molar-refractivity contribution < 1.29 is 9.32 Å². The van der Waals surface area contributed by atoms with E-state index in [9.17, 15) is 4.79 Å². The Bertz CT molecular complexity index is 566. The molecule has 0 radical (unpaired) electrons. The number of hydrogen-bond donors (Lipinski definition) is 3. The van der Waals surface area contributed by atoms with Crippen molar-refractivity contribution in [1.29, 1.82) is 0 Å². The molecule has 0 spiro atoms. The van der Waals surface area contributed by atoms with Crippen LogP contribution in [-0.4, -0.2) is 16.0 Å². The van der Waals surface area contributed by atoms with Crippen LogP contribution in [0.25, 0.3) is 0 Å². The van der Waals surface area contributed by atoms with E-state index < -0.39 is 0 Å². The first-order valence-corrected chi connectivity index (χ1v) is 5.80. The van der Waals surface area contributed by atoms with E-state index in [1.165, 1.54) is 6.26 Å². The second-order valence-corrected chi connectivity index (χ2v) is 4.30. The average molecular weight is 261 g/mol. The monoisotopic (exact) mass is 261 g/mol. The summed E-state index contributed by atoms with van der Waals surface area (Å²) in [7, 11) is 0. The van der Waals surface area contributed by atoms with Gasteiger partial charge in [-0.3, -0.25) is 4.79 Å². The molecule has 0 saturated carbocycles. The molecule has 2 heterocycles. The molecule has 0 unspecified atom stereocenters. The minimum absolute atomic E-state index is 0.187. The van der Waals surface area contributed by atoms with Gasteiger partial charge in [-0.15, -0.1) is 0 Å². The molecule has 4 N–H and O–H groups in total. The van der Waals surface area contributed by atoms with Crippen molar-refractivity contribution >= 4 is 17.5 Å². The molecular formula is C12H15N5O2. The zero-order valence-corrected chi connectivity index (χ0v) is 10.7. The number of pyridine rings is 1. The third-order valence-electron chi connectivity index (χ3n) is 2.53. The van der Waals surface area contributed by atoms with Gasteiger partial charge in [0.1, 0.15) is 12.1 Å². The maximum Gasteiger partial charge on any atom is 0.257 e. The molecule has 7 heteroatoms. The highest BCUT2D eigenvalue weighted by atomic mass is 16.5. The van der Waals surface area contributed by atoms with Gasteiger partial charge < -0.3 is 15.3 Å². The number of carbonyl (C=O) groups is 1. The second kappa shape index (κ2) is 5.49. The van der Waals surface area contributed by atoms with Crippen LogP contribution in [0.3, 0.4) is 0 Å². The number of carbonyl (C=O) groups excluding carboxylic acids is 1. The van der Waals surface area contributed by atoms with Gasteiger partial charge in [0.15, 0.2) is 5.82 Å². The Kier molecular flexibility index (Phi) is 3.76. The Labute approximate surface area is 110 Å². The van der Waals surface area contributed by atoms with Crippen LogP contribution >= 0.6 is 0 Å². The number of hydrazine groups is 1. The predicted molar refractivity (Wildman–Crippen MR) is 70.6 cm³/mol. The number of nitrogens with two attached hydrogens (primary N) is 1. The highest BCUT2D eigenvalue weighted by Gasteiger charge is 2.12. The molecule has 7 nitrogen and oxygen atoms in total. The van der Waals surface area contributed by atoms with Crippen LogP contribution in [0.2, 0.25) is 0 Å². The lowest BCUT2D eigenvalue weighted by atomic mass is 10.1. The summed E-state index contributed by atoms with van der Waals surface area (Å²) in [4.78, 5) is 16.3. The van der Waals surface area contributed by atoms with Crippen molar-refractivity contribution in [3.63, 3.8) is 0 Å². The van der Waals surface area contributed by atoms with Crippen molar-refractivity contribution in [2.75, 3.05) is 10.7 Å². The van der Waals surface area contributed by atoms with Crippen LogP contribution in [0, 0.1) is 0 Å². The second-order valence-electron chi connectivity index (χ2n) is 4.30. The normalized spacial score (nSPS) is 10.5. The molecule has 1 amide bonds. The van der Waals surface area contributed by atoms with E-state index in [0.717, 1.165) is 5.69 Å². The van der Waals surface area contributed by atoms with Crippen molar-refractivity contribution in [2.45, 2.75) is 19.8 Å². The molecular weight excluding hydrogens is 246 g/mol. The largest absolute Gasteiger partial charge is 0.363 e. The summed E-state index contributed by atoms with van der Waals surface area (Å²) >= 11 is 0. The third kappa shape index (κ3) is 3.08. The van der Waals surface area contributed by atoms with Gasteiger partial charge >= 0.3 is 0 Å². The maximum absolute atomic E-state index is 12.1. The summed E-state index contributed by atoms with van der Waals surface area (Å²) in [6.45, 7) is 3.98. The first kappa shape index (κ1) is 13.0. The fourth-order valence-electron chi connectivity index (χ4n) is 1.52. The molecule has 2 aromatic heterocycles. The molecule has 2 aromatic rings. The van der Waals surface area contributed by atoms with E-state index in [0.29, 0.717) is 17.2 Å². The van der Waals surface area contributed by atoms with E-state index in [2.05, 4.69) is 25.4 Å². The summed E-state index contributed by atoms with van der Waals surface area (Å²) in [6, 6.07) is 4.85. The topological polar surface area (TPSA) is 106 Å². The molecule has 0 aliphatic carbocycles. The van der Waals surface area contributed by atoms with E-state index >= 15 is 0 Å². The van der Waals surface area contributed by atoms with E-state index in [-0.39, 0.29) is 11.8 Å². The number of nitrogens with one attached hydrogen (secondary N) is 2. The highest BCUT2D eigenvalue weighted by molar-refractivity contribution is 6.04. The number of rotatable bonds is 4. The number of aromatic nitrogens is 2. The van der Waals surface area contributed by atoms with Crippen LogP contribution in [0.5, 0.6) is 0 Å². The molecule has 0 atom stereocenters. The molecule has 0 bridgehead atoms. The Balaban J connectivity index is 2.27. The van der Waals surface area contributed by atoms with Crippen LogP contribution in [0.1, 0.15) is 35.8 Å². The van der Waals surface area contributed by atoms with Crippen LogP contribution < -0.4 is 16.6 Å². The first-order valence-electron chi connectivity index (χ1n) is 5.80. The summed E-state index contributed by atoms with van der Waals surface area (Å²) in [5, 5.41) is 6.23. The maximum atomic E-state index is 12.1. The lowest BCUT2D eigenvalue weighted by Gasteiger charge is -2.10. The Morgan fingerprint density at radius 2 is 2.16 bits per heavy atom. The number of nitrogen functional groups attached to an aromatic ring is 1. The molecule has 2 rings (SSSR count). The molecule has 0 aliphatic heterocycles. The van der Waals surface area contributed by atoms with Crippen molar-refractivity contribution in [3.8, 4) is 0 Å². The number of hydrogen-bond acceptors (Lipinski definition) is 6. The minimum atomic E-state index is -0.297. The predicted octanol–water partition coefficient (Wildman–Crippen LogP) is 1.73. The Morgan fingerprint density at radius 1 is 1.37 bits per heavy atom. The quantitative estimate of drug-likeness (QED) is 0.571. The number of anilines is 2. The standard InChI is InChI=1S/C12H15N5O2/c1-7(2)9-5-8(6-11(14-9)16-13)12(18)15-10-3-4-19-17-10/h3-7H,13H2,1-2H3,(H,14,16)(H,15,17,18). The molecule has 0 aromatic carbocycles. The SMILES string of the molecule is CC(C)c1cc(C(=O)Nc2ccon2)cc(NN)n1. The van der Waals surface area contributed by atoms with Gasteiger partial charge in [-0.2, -0.15) is 0 Å². The fourth-order valence-corrected chi connectivity index (χ4v) is 1.52. The molecule has 0 aliphatic rings. The number of nitrogens with zero attached hydrogens (tertiary/aromatic N) is 2. The van der Waals surface area contributed by atoms with Gasteiger partial charge in [-0.1, -0.05) is 19.0 Å². The molecule has 19 heavy (non-hydrogen) atoms. The summed E-state index contributed by atoms with van der Waals surface area (Å²) in [5.41, 5.74) is 3.68. The molecule has 100 valence electrons. The Hall–Kier alpha value is -2.41.